The Morgan fingerprint density at radius 3 is 2.59 bits per heavy atom. The average molecular weight is 496 g/mol. The molecule has 1 aromatic heterocycles. The summed E-state index contributed by atoms with van der Waals surface area (Å²) < 4.78 is 7.23. The lowest BCUT2D eigenvalue weighted by molar-refractivity contribution is -0.135. The van der Waals surface area contributed by atoms with E-state index < -0.39 is 0 Å². The summed E-state index contributed by atoms with van der Waals surface area (Å²) in [5, 5.41) is 1.09. The van der Waals surface area contributed by atoms with Gasteiger partial charge in [0.25, 0.3) is 11.1 Å². The Balaban J connectivity index is 1.41. The van der Waals surface area contributed by atoms with Crippen LogP contribution in [0.25, 0.3) is 17.0 Å². The van der Waals surface area contributed by atoms with Gasteiger partial charge in [-0.1, -0.05) is 48.0 Å². The summed E-state index contributed by atoms with van der Waals surface area (Å²) in [5.41, 5.74) is 2.39. The maximum Gasteiger partial charge on any atom is 0.293 e. The van der Waals surface area contributed by atoms with Crippen LogP contribution in [0.3, 0.4) is 0 Å². The molecule has 2 fully saturated rings. The van der Waals surface area contributed by atoms with Crippen LogP contribution in [0, 0.1) is 0 Å². The summed E-state index contributed by atoms with van der Waals surface area (Å²) in [6.45, 7) is 2.59. The molecule has 0 unspecified atom stereocenters. The number of thioether (sulfide) groups is 1. The lowest BCUT2D eigenvalue weighted by Crippen LogP contribution is -2.42. The highest BCUT2D eigenvalue weighted by Gasteiger charge is 2.35. The van der Waals surface area contributed by atoms with Crippen LogP contribution >= 0.6 is 23.4 Å². The molecule has 0 atom stereocenters. The van der Waals surface area contributed by atoms with Crippen LogP contribution in [0.1, 0.15) is 11.1 Å². The van der Waals surface area contributed by atoms with Crippen molar-refractivity contribution in [2.24, 2.45) is 0 Å². The van der Waals surface area contributed by atoms with Gasteiger partial charge in [0, 0.05) is 40.8 Å². The fraction of sp³-hybridized carbons (Fsp3) is 0.240. The predicted octanol–water partition coefficient (Wildman–Crippen LogP) is 4.39. The number of halogens is 1. The SMILES string of the molecule is O=C(Cn1cc(C=C2SC(=O)N(Cc3ccccc3Cl)C2=O)c2ccccc21)N1CCOCC1. The number of morpholine rings is 1. The van der Waals surface area contributed by atoms with Crippen LogP contribution in [0.2, 0.25) is 5.02 Å². The first-order valence-electron chi connectivity index (χ1n) is 10.9. The van der Waals surface area contributed by atoms with E-state index in [4.69, 9.17) is 16.3 Å². The summed E-state index contributed by atoms with van der Waals surface area (Å²) in [4.78, 5) is 41.8. The van der Waals surface area contributed by atoms with E-state index in [1.54, 1.807) is 29.2 Å². The standard InChI is InChI=1S/C25H22ClN3O4S/c26-20-7-3-1-5-17(20)15-29-24(31)22(34-25(29)32)13-18-14-28(21-8-4-2-6-19(18)21)16-23(30)27-9-11-33-12-10-27/h1-8,13-14H,9-12,15-16H2. The van der Waals surface area contributed by atoms with Gasteiger partial charge in [-0.2, -0.15) is 0 Å². The molecule has 2 aliphatic heterocycles. The van der Waals surface area contributed by atoms with E-state index in [9.17, 15) is 14.4 Å². The van der Waals surface area contributed by atoms with Crippen molar-refractivity contribution in [1.82, 2.24) is 14.4 Å². The molecule has 0 spiro atoms. The number of ether oxygens (including phenoxy) is 1. The largest absolute Gasteiger partial charge is 0.378 e. The van der Waals surface area contributed by atoms with Crippen LogP contribution in [0.4, 0.5) is 4.79 Å². The van der Waals surface area contributed by atoms with Crippen LogP contribution < -0.4 is 0 Å². The van der Waals surface area contributed by atoms with Gasteiger partial charge in [-0.25, -0.2) is 0 Å². The summed E-state index contributed by atoms with van der Waals surface area (Å²) in [6.07, 6.45) is 3.60. The van der Waals surface area contributed by atoms with Crippen molar-refractivity contribution in [3.05, 3.63) is 75.8 Å². The Bertz CT molecular complexity index is 1310. The number of carbonyl (C=O) groups is 3. The molecule has 2 saturated heterocycles. The predicted molar refractivity (Wildman–Crippen MR) is 132 cm³/mol. The molecule has 0 radical (unpaired) electrons. The van der Waals surface area contributed by atoms with E-state index in [1.807, 2.05) is 41.1 Å². The van der Waals surface area contributed by atoms with Crippen molar-refractivity contribution < 1.29 is 19.1 Å². The summed E-state index contributed by atoms with van der Waals surface area (Å²) in [7, 11) is 0. The molecule has 3 amide bonds. The number of nitrogens with zero attached hydrogens (tertiary/aromatic N) is 3. The minimum absolute atomic E-state index is 0.0238. The van der Waals surface area contributed by atoms with E-state index >= 15 is 0 Å². The minimum atomic E-state index is -0.351. The number of hydrogen-bond acceptors (Lipinski definition) is 5. The average Bonchev–Trinajstić information content (AvgIpc) is 3.33. The van der Waals surface area contributed by atoms with E-state index in [0.29, 0.717) is 41.8 Å². The molecule has 7 nitrogen and oxygen atoms in total. The molecule has 34 heavy (non-hydrogen) atoms. The number of benzene rings is 2. The van der Waals surface area contributed by atoms with Gasteiger partial charge in [0.2, 0.25) is 5.91 Å². The van der Waals surface area contributed by atoms with Crippen LogP contribution in [0.15, 0.2) is 59.6 Å². The Hall–Kier alpha value is -3.07. The Morgan fingerprint density at radius 1 is 1.06 bits per heavy atom. The van der Waals surface area contributed by atoms with Gasteiger partial charge in [-0.05, 0) is 35.5 Å². The van der Waals surface area contributed by atoms with E-state index in [-0.39, 0.29) is 30.1 Å². The Morgan fingerprint density at radius 2 is 1.79 bits per heavy atom. The molecular weight excluding hydrogens is 474 g/mol. The summed E-state index contributed by atoms with van der Waals surface area (Å²) >= 11 is 7.13. The van der Waals surface area contributed by atoms with Crippen molar-refractivity contribution in [2.45, 2.75) is 13.1 Å². The number of rotatable bonds is 5. The molecule has 5 rings (SSSR count). The fourth-order valence-corrected chi connectivity index (χ4v) is 5.18. The first-order chi connectivity index (χ1) is 16.5. The molecule has 2 aliphatic rings. The van der Waals surface area contributed by atoms with Crippen molar-refractivity contribution in [3.63, 3.8) is 0 Å². The van der Waals surface area contributed by atoms with Crippen molar-refractivity contribution in [2.75, 3.05) is 26.3 Å². The lowest BCUT2D eigenvalue weighted by Gasteiger charge is -2.27. The molecule has 3 heterocycles. The van der Waals surface area contributed by atoms with E-state index in [1.165, 1.54) is 4.90 Å². The molecule has 0 saturated carbocycles. The van der Waals surface area contributed by atoms with Crippen LogP contribution in [0.5, 0.6) is 0 Å². The molecule has 0 N–H and O–H groups in total. The van der Waals surface area contributed by atoms with Gasteiger partial charge in [0.15, 0.2) is 0 Å². The number of hydrogen-bond donors (Lipinski definition) is 0. The van der Waals surface area contributed by atoms with Crippen LogP contribution in [-0.2, 0) is 27.4 Å². The number of aromatic nitrogens is 1. The summed E-state index contributed by atoms with van der Waals surface area (Å²) in [5.74, 6) is -0.327. The van der Waals surface area contributed by atoms with Gasteiger partial charge in [0.05, 0.1) is 24.7 Å². The van der Waals surface area contributed by atoms with Gasteiger partial charge in [-0.15, -0.1) is 0 Å². The van der Waals surface area contributed by atoms with Gasteiger partial charge < -0.3 is 14.2 Å². The van der Waals surface area contributed by atoms with Gasteiger partial charge in [0.1, 0.15) is 6.54 Å². The Labute approximate surface area is 205 Å². The maximum atomic E-state index is 13.1. The van der Waals surface area contributed by atoms with Gasteiger partial charge >= 0.3 is 0 Å². The second-order valence-corrected chi connectivity index (χ2v) is 9.48. The third kappa shape index (κ3) is 4.49. The fourth-order valence-electron chi connectivity index (χ4n) is 4.15. The first-order valence-corrected chi connectivity index (χ1v) is 12.1. The monoisotopic (exact) mass is 495 g/mol. The van der Waals surface area contributed by atoms with Gasteiger partial charge in [-0.3, -0.25) is 19.3 Å². The van der Waals surface area contributed by atoms with Crippen molar-refractivity contribution >= 4 is 57.4 Å². The third-order valence-corrected chi connectivity index (χ3v) is 7.21. The van der Waals surface area contributed by atoms with E-state index in [2.05, 4.69) is 0 Å². The highest BCUT2D eigenvalue weighted by molar-refractivity contribution is 8.18. The topological polar surface area (TPSA) is 71.9 Å². The second-order valence-electron chi connectivity index (χ2n) is 8.08. The summed E-state index contributed by atoms with van der Waals surface area (Å²) in [6, 6.07) is 14.9. The second kappa shape index (κ2) is 9.66. The smallest absolute Gasteiger partial charge is 0.293 e. The zero-order chi connectivity index (χ0) is 23.7. The highest BCUT2D eigenvalue weighted by Crippen LogP contribution is 2.35. The number of carbonyl (C=O) groups excluding carboxylic acids is 3. The first kappa shape index (κ1) is 22.7. The molecule has 0 bridgehead atoms. The number of amides is 3. The minimum Gasteiger partial charge on any atom is -0.378 e. The normalized spacial score (nSPS) is 17.9. The number of para-hydroxylation sites is 1. The molecule has 2 aromatic carbocycles. The molecule has 0 aliphatic carbocycles. The van der Waals surface area contributed by atoms with Crippen molar-refractivity contribution in [3.8, 4) is 0 Å². The number of fused-ring (bicyclic) bond motifs is 1. The van der Waals surface area contributed by atoms with Crippen LogP contribution in [-0.4, -0.2) is 57.7 Å². The number of imide groups is 1. The third-order valence-electron chi connectivity index (χ3n) is 5.94. The zero-order valence-electron chi connectivity index (χ0n) is 18.3. The molecule has 174 valence electrons. The molecular formula is C25H22ClN3O4S. The highest BCUT2D eigenvalue weighted by atomic mass is 35.5. The molecule has 3 aromatic rings. The Kier molecular flexibility index (Phi) is 6.45. The maximum absolute atomic E-state index is 13.1. The zero-order valence-corrected chi connectivity index (χ0v) is 19.8. The quantitative estimate of drug-likeness (QED) is 0.491. The van der Waals surface area contributed by atoms with E-state index in [0.717, 1.165) is 28.2 Å². The molecule has 9 heteroatoms. The lowest BCUT2D eigenvalue weighted by atomic mass is 10.1. The van der Waals surface area contributed by atoms with Crippen molar-refractivity contribution in [1.29, 1.82) is 0 Å².